The van der Waals surface area contributed by atoms with Crippen molar-refractivity contribution in [3.63, 3.8) is 0 Å². The minimum atomic E-state index is -4.88. The zero-order chi connectivity index (χ0) is 17.2. The van der Waals surface area contributed by atoms with Crippen LogP contribution in [0, 0.1) is 10.1 Å². The summed E-state index contributed by atoms with van der Waals surface area (Å²) >= 11 is 0. The van der Waals surface area contributed by atoms with E-state index >= 15 is 0 Å². The van der Waals surface area contributed by atoms with Crippen molar-refractivity contribution in [2.24, 2.45) is 0 Å². The van der Waals surface area contributed by atoms with Crippen LogP contribution in [0.5, 0.6) is 5.75 Å². The molecule has 0 heterocycles. The predicted molar refractivity (Wildman–Crippen MR) is 72.3 cm³/mol. The van der Waals surface area contributed by atoms with Gasteiger partial charge in [-0.3, -0.25) is 10.1 Å². The lowest BCUT2D eigenvalue weighted by Crippen LogP contribution is -2.14. The Labute approximate surface area is 129 Å². The molecular formula is C14H14F3NO5. The molecule has 1 aromatic carbocycles. The van der Waals surface area contributed by atoms with Gasteiger partial charge in [-0.2, -0.15) is 13.2 Å². The van der Waals surface area contributed by atoms with E-state index in [1.54, 1.807) is 0 Å². The average molecular weight is 333 g/mol. The van der Waals surface area contributed by atoms with Crippen molar-refractivity contribution >= 4 is 11.8 Å². The summed E-state index contributed by atoms with van der Waals surface area (Å²) in [7, 11) is 1.04. The summed E-state index contributed by atoms with van der Waals surface area (Å²) < 4.78 is 48.4. The van der Waals surface area contributed by atoms with Gasteiger partial charge in [-0.15, -0.1) is 0 Å². The van der Waals surface area contributed by atoms with Gasteiger partial charge in [-0.05, 0) is 30.4 Å². The quantitative estimate of drug-likeness (QED) is 0.354. The van der Waals surface area contributed by atoms with Gasteiger partial charge in [0, 0.05) is 0 Å². The molecule has 1 aromatic rings. The summed E-state index contributed by atoms with van der Waals surface area (Å²) in [5.41, 5.74) is -2.36. The maximum Gasteiger partial charge on any atom is 0.513 e. The van der Waals surface area contributed by atoms with Crippen LogP contribution >= 0.6 is 0 Å². The van der Waals surface area contributed by atoms with Crippen LogP contribution in [0.2, 0.25) is 0 Å². The normalized spacial score (nSPS) is 15.5. The van der Waals surface area contributed by atoms with Gasteiger partial charge in [0.15, 0.2) is 0 Å². The first kappa shape index (κ1) is 17.0. The van der Waals surface area contributed by atoms with Gasteiger partial charge in [0.05, 0.1) is 18.1 Å². The van der Waals surface area contributed by atoms with Crippen molar-refractivity contribution in [2.75, 3.05) is 7.11 Å². The molecule has 1 fully saturated rings. The Balaban J connectivity index is 2.60. The number of alkyl halides is 3. The molecular weight excluding hydrogens is 319 g/mol. The molecule has 126 valence electrons. The number of hydrogen-bond donors (Lipinski definition) is 0. The van der Waals surface area contributed by atoms with E-state index in [0.29, 0.717) is 25.0 Å². The van der Waals surface area contributed by atoms with Gasteiger partial charge in [-0.1, -0.05) is 12.8 Å². The number of carbonyl (C=O) groups excluding carboxylic acids is 1. The number of halogens is 3. The van der Waals surface area contributed by atoms with Crippen LogP contribution in [0.3, 0.4) is 0 Å². The minimum absolute atomic E-state index is 0.144. The number of benzene rings is 1. The van der Waals surface area contributed by atoms with Crippen LogP contribution in [0.4, 0.5) is 23.7 Å². The number of methoxy groups -OCH3 is 1. The largest absolute Gasteiger partial charge is 0.513 e. The molecule has 0 aromatic heterocycles. The van der Waals surface area contributed by atoms with Crippen molar-refractivity contribution in [3.05, 3.63) is 33.4 Å². The number of nitro benzene ring substituents is 1. The molecule has 0 bridgehead atoms. The predicted octanol–water partition coefficient (Wildman–Crippen LogP) is 4.42. The number of nitrogens with zero attached hydrogens (tertiary/aromatic N) is 1. The van der Waals surface area contributed by atoms with E-state index in [-0.39, 0.29) is 17.2 Å². The molecule has 1 saturated carbocycles. The number of ether oxygens (including phenoxy) is 2. The van der Waals surface area contributed by atoms with Gasteiger partial charge >= 0.3 is 12.3 Å². The third kappa shape index (κ3) is 3.72. The van der Waals surface area contributed by atoms with Crippen LogP contribution in [0.25, 0.3) is 0 Å². The van der Waals surface area contributed by atoms with Crippen LogP contribution in [0.1, 0.15) is 42.7 Å². The molecule has 0 amide bonds. The molecule has 0 spiro atoms. The number of hydrogen-bond acceptors (Lipinski definition) is 5. The SMILES string of the molecule is COC(=O)Oc1cc([N+](=O)[O-])c(C(F)(F)F)cc1C1CCCC1. The third-order valence-electron chi connectivity index (χ3n) is 3.79. The maximum absolute atomic E-state index is 13.1. The van der Waals surface area contributed by atoms with Crippen LogP contribution in [0.15, 0.2) is 12.1 Å². The second-order valence-electron chi connectivity index (χ2n) is 5.20. The topological polar surface area (TPSA) is 78.7 Å². The smallest absolute Gasteiger partial charge is 0.437 e. The molecule has 0 radical (unpaired) electrons. The first-order valence-corrected chi connectivity index (χ1v) is 6.89. The Morgan fingerprint density at radius 2 is 1.91 bits per heavy atom. The van der Waals surface area contributed by atoms with E-state index < -0.39 is 28.5 Å². The van der Waals surface area contributed by atoms with E-state index in [1.165, 1.54) is 0 Å². The maximum atomic E-state index is 13.1. The Morgan fingerprint density at radius 3 is 2.39 bits per heavy atom. The Bertz CT molecular complexity index is 624. The lowest BCUT2D eigenvalue weighted by molar-refractivity contribution is -0.388. The number of nitro groups is 1. The Hall–Kier alpha value is -2.32. The van der Waals surface area contributed by atoms with E-state index in [1.807, 2.05) is 0 Å². The zero-order valence-corrected chi connectivity index (χ0v) is 12.2. The van der Waals surface area contributed by atoms with Crippen molar-refractivity contribution in [1.82, 2.24) is 0 Å². The summed E-state index contributed by atoms with van der Waals surface area (Å²) in [5, 5.41) is 10.9. The highest BCUT2D eigenvalue weighted by Crippen LogP contribution is 2.45. The van der Waals surface area contributed by atoms with Crippen LogP contribution in [-0.4, -0.2) is 18.2 Å². The molecule has 1 aliphatic rings. The molecule has 2 rings (SSSR count). The van der Waals surface area contributed by atoms with E-state index in [9.17, 15) is 28.1 Å². The fourth-order valence-corrected chi connectivity index (χ4v) is 2.74. The van der Waals surface area contributed by atoms with Crippen molar-refractivity contribution < 1.29 is 32.4 Å². The fraction of sp³-hybridized carbons (Fsp3) is 0.500. The van der Waals surface area contributed by atoms with Gasteiger partial charge in [0.2, 0.25) is 0 Å². The second-order valence-corrected chi connectivity index (χ2v) is 5.20. The Kier molecular flexibility index (Phi) is 4.76. The molecule has 23 heavy (non-hydrogen) atoms. The molecule has 6 nitrogen and oxygen atoms in total. The van der Waals surface area contributed by atoms with E-state index in [2.05, 4.69) is 4.74 Å². The van der Waals surface area contributed by atoms with Gasteiger partial charge in [-0.25, -0.2) is 4.79 Å². The standard InChI is InChI=1S/C14H14F3NO5/c1-22-13(19)23-12-7-11(18(20)21)10(14(15,16)17)6-9(12)8-4-2-3-5-8/h6-8H,2-5H2,1H3. The number of rotatable bonds is 3. The highest BCUT2D eigenvalue weighted by molar-refractivity contribution is 5.66. The fourth-order valence-electron chi connectivity index (χ4n) is 2.74. The summed E-state index contributed by atoms with van der Waals surface area (Å²) in [5.74, 6) is -0.500. The third-order valence-corrected chi connectivity index (χ3v) is 3.79. The van der Waals surface area contributed by atoms with Crippen molar-refractivity contribution in [3.8, 4) is 5.75 Å². The van der Waals surface area contributed by atoms with E-state index in [0.717, 1.165) is 20.0 Å². The lowest BCUT2D eigenvalue weighted by atomic mass is 9.94. The molecule has 0 saturated heterocycles. The van der Waals surface area contributed by atoms with Crippen LogP contribution < -0.4 is 4.74 Å². The lowest BCUT2D eigenvalue weighted by Gasteiger charge is -2.17. The molecule has 1 aliphatic carbocycles. The number of carbonyl (C=O) groups is 1. The van der Waals surface area contributed by atoms with Crippen molar-refractivity contribution in [1.29, 1.82) is 0 Å². The summed E-state index contributed by atoms with van der Waals surface area (Å²) in [6.45, 7) is 0. The second kappa shape index (κ2) is 6.43. The first-order valence-electron chi connectivity index (χ1n) is 6.89. The summed E-state index contributed by atoms with van der Waals surface area (Å²) in [6.07, 6.45) is -3.08. The highest BCUT2D eigenvalue weighted by Gasteiger charge is 2.40. The van der Waals surface area contributed by atoms with Crippen molar-refractivity contribution in [2.45, 2.75) is 37.8 Å². The van der Waals surface area contributed by atoms with Gasteiger partial charge in [0.1, 0.15) is 11.3 Å². The Morgan fingerprint density at radius 1 is 1.30 bits per heavy atom. The summed E-state index contributed by atoms with van der Waals surface area (Å²) in [4.78, 5) is 21.1. The molecule has 0 aliphatic heterocycles. The average Bonchev–Trinajstić information content (AvgIpc) is 2.99. The first-order chi connectivity index (χ1) is 10.7. The molecule has 0 atom stereocenters. The molecule has 9 heteroatoms. The van der Waals surface area contributed by atoms with Crippen LogP contribution in [-0.2, 0) is 10.9 Å². The van der Waals surface area contributed by atoms with E-state index in [4.69, 9.17) is 4.74 Å². The van der Waals surface area contributed by atoms with Gasteiger partial charge in [0.25, 0.3) is 5.69 Å². The summed E-state index contributed by atoms with van der Waals surface area (Å²) in [6, 6.07) is 1.36. The molecule has 0 unspecified atom stereocenters. The monoisotopic (exact) mass is 333 g/mol. The van der Waals surface area contributed by atoms with Gasteiger partial charge < -0.3 is 9.47 Å². The minimum Gasteiger partial charge on any atom is -0.437 e. The highest BCUT2D eigenvalue weighted by atomic mass is 19.4. The zero-order valence-electron chi connectivity index (χ0n) is 12.2. The molecule has 0 N–H and O–H groups in total.